The van der Waals surface area contributed by atoms with Crippen LogP contribution in [0.25, 0.3) is 0 Å². The molecule has 1 aliphatic heterocycles. The number of carbonyl (C=O) groups excluding carboxylic acids is 1. The molecule has 0 saturated carbocycles. The van der Waals surface area contributed by atoms with E-state index in [0.717, 1.165) is 11.1 Å². The highest BCUT2D eigenvalue weighted by Gasteiger charge is 2.27. The Hall–Kier alpha value is -3.16. The Balaban J connectivity index is 1.87. The topological polar surface area (TPSA) is 98.4 Å². The second kappa shape index (κ2) is 7.61. The fourth-order valence-corrected chi connectivity index (χ4v) is 3.30. The molecule has 27 heavy (non-hydrogen) atoms. The Kier molecular flexibility index (Phi) is 5.25. The second-order valence-electron chi connectivity index (χ2n) is 6.04. The molecular formula is C19H21NO7. The van der Waals surface area contributed by atoms with Crippen molar-refractivity contribution >= 4 is 11.9 Å². The summed E-state index contributed by atoms with van der Waals surface area (Å²) in [7, 11) is 4.69. The van der Waals surface area contributed by atoms with Crippen LogP contribution in [0.1, 0.15) is 32.2 Å². The van der Waals surface area contributed by atoms with Gasteiger partial charge in [-0.25, -0.2) is 4.79 Å². The number of ether oxygens (including phenoxy) is 3. The van der Waals surface area contributed by atoms with Gasteiger partial charge in [-0.1, -0.05) is 0 Å². The van der Waals surface area contributed by atoms with Gasteiger partial charge in [-0.3, -0.25) is 4.79 Å². The molecule has 1 N–H and O–H groups in total. The Morgan fingerprint density at radius 2 is 1.67 bits per heavy atom. The Morgan fingerprint density at radius 3 is 2.26 bits per heavy atom. The van der Waals surface area contributed by atoms with Crippen LogP contribution in [-0.4, -0.2) is 56.3 Å². The van der Waals surface area contributed by atoms with Gasteiger partial charge in [-0.15, -0.1) is 0 Å². The minimum Gasteiger partial charge on any atom is -0.493 e. The van der Waals surface area contributed by atoms with E-state index in [1.807, 2.05) is 6.07 Å². The summed E-state index contributed by atoms with van der Waals surface area (Å²) in [5.74, 6) is -0.0875. The van der Waals surface area contributed by atoms with E-state index in [0.29, 0.717) is 43.2 Å². The molecular weight excluding hydrogens is 354 g/mol. The molecule has 0 bridgehead atoms. The zero-order valence-electron chi connectivity index (χ0n) is 15.4. The predicted molar refractivity (Wildman–Crippen MR) is 95.1 cm³/mol. The van der Waals surface area contributed by atoms with Gasteiger partial charge in [0, 0.05) is 18.7 Å². The van der Waals surface area contributed by atoms with Gasteiger partial charge in [0.1, 0.15) is 0 Å². The molecule has 1 aliphatic rings. The Morgan fingerprint density at radius 1 is 1.00 bits per heavy atom. The van der Waals surface area contributed by atoms with Gasteiger partial charge in [0.05, 0.1) is 21.3 Å². The van der Waals surface area contributed by atoms with Crippen LogP contribution < -0.4 is 14.2 Å². The zero-order chi connectivity index (χ0) is 19.6. The van der Waals surface area contributed by atoms with Gasteiger partial charge in [0.15, 0.2) is 17.3 Å². The lowest BCUT2D eigenvalue weighted by molar-refractivity contribution is 0.0650. The van der Waals surface area contributed by atoms with Crippen LogP contribution in [0.15, 0.2) is 22.6 Å². The van der Waals surface area contributed by atoms with E-state index in [-0.39, 0.29) is 17.4 Å². The summed E-state index contributed by atoms with van der Waals surface area (Å²) in [5, 5.41) is 8.95. The van der Waals surface area contributed by atoms with Crippen LogP contribution >= 0.6 is 0 Å². The van der Waals surface area contributed by atoms with Crippen LogP contribution in [0.2, 0.25) is 0 Å². The van der Waals surface area contributed by atoms with E-state index < -0.39 is 5.97 Å². The smallest absolute Gasteiger partial charge is 0.371 e. The van der Waals surface area contributed by atoms with Crippen molar-refractivity contribution in [3.05, 3.63) is 40.8 Å². The van der Waals surface area contributed by atoms with Crippen molar-refractivity contribution in [2.45, 2.75) is 12.8 Å². The van der Waals surface area contributed by atoms with Crippen molar-refractivity contribution in [3.8, 4) is 17.2 Å². The molecule has 1 aromatic carbocycles. The first kappa shape index (κ1) is 18.6. The number of carboxylic acids is 1. The van der Waals surface area contributed by atoms with Crippen molar-refractivity contribution in [2.24, 2.45) is 0 Å². The number of furan rings is 1. The summed E-state index contributed by atoms with van der Waals surface area (Å²) < 4.78 is 21.5. The summed E-state index contributed by atoms with van der Waals surface area (Å²) in [6, 6.07) is 4.57. The SMILES string of the molecule is COc1cc2c(c(OC)c1OC)CCN(C(=O)c1ccc(C(=O)O)o1)CC2. The summed E-state index contributed by atoms with van der Waals surface area (Å²) in [6.45, 7) is 0.911. The lowest BCUT2D eigenvalue weighted by Gasteiger charge is -2.19. The molecule has 144 valence electrons. The molecule has 2 aromatic rings. The van der Waals surface area contributed by atoms with Crippen molar-refractivity contribution < 1.29 is 33.3 Å². The number of aromatic carboxylic acids is 1. The van der Waals surface area contributed by atoms with Crippen molar-refractivity contribution in [1.82, 2.24) is 4.90 Å². The first-order valence-corrected chi connectivity index (χ1v) is 8.43. The minimum absolute atomic E-state index is 0.0143. The third kappa shape index (κ3) is 3.42. The quantitative estimate of drug-likeness (QED) is 0.856. The molecule has 1 aromatic heterocycles. The standard InChI is InChI=1S/C19H21NO7/c1-24-15-10-11-6-8-20(9-7-12(11)16(25-2)17(15)26-3)18(21)13-4-5-14(27-13)19(22)23/h4-5,10H,6-9H2,1-3H3,(H,22,23). The maximum atomic E-state index is 12.7. The summed E-state index contributed by atoms with van der Waals surface area (Å²) in [5.41, 5.74) is 1.99. The van der Waals surface area contributed by atoms with E-state index in [4.69, 9.17) is 23.7 Å². The summed E-state index contributed by atoms with van der Waals surface area (Å²) in [4.78, 5) is 25.3. The van der Waals surface area contributed by atoms with Gasteiger partial charge in [-0.2, -0.15) is 0 Å². The highest BCUT2D eigenvalue weighted by atomic mass is 16.5. The molecule has 0 fully saturated rings. The second-order valence-corrected chi connectivity index (χ2v) is 6.04. The number of carbonyl (C=O) groups is 2. The van der Waals surface area contributed by atoms with Crippen LogP contribution in [0.4, 0.5) is 0 Å². The van der Waals surface area contributed by atoms with Gasteiger partial charge >= 0.3 is 5.97 Å². The number of hydrogen-bond donors (Lipinski definition) is 1. The Bertz CT molecular complexity index is 871. The Labute approximate surface area is 156 Å². The highest BCUT2D eigenvalue weighted by molar-refractivity contribution is 5.93. The van der Waals surface area contributed by atoms with Crippen molar-refractivity contribution in [2.75, 3.05) is 34.4 Å². The van der Waals surface area contributed by atoms with Gasteiger partial charge in [0.25, 0.3) is 5.91 Å². The van der Waals surface area contributed by atoms with Crippen LogP contribution in [0, 0.1) is 0 Å². The van der Waals surface area contributed by atoms with Crippen LogP contribution in [-0.2, 0) is 12.8 Å². The first-order chi connectivity index (χ1) is 13.0. The normalized spacial score (nSPS) is 13.5. The molecule has 8 heteroatoms. The fourth-order valence-electron chi connectivity index (χ4n) is 3.30. The van der Waals surface area contributed by atoms with E-state index in [9.17, 15) is 9.59 Å². The largest absolute Gasteiger partial charge is 0.493 e. The third-order valence-electron chi connectivity index (χ3n) is 4.62. The van der Waals surface area contributed by atoms with Crippen molar-refractivity contribution in [3.63, 3.8) is 0 Å². The molecule has 1 amide bonds. The minimum atomic E-state index is -1.21. The highest BCUT2D eigenvalue weighted by Crippen LogP contribution is 2.43. The lowest BCUT2D eigenvalue weighted by atomic mass is 10.0. The van der Waals surface area contributed by atoms with Crippen LogP contribution in [0.5, 0.6) is 17.2 Å². The number of hydrogen-bond acceptors (Lipinski definition) is 6. The molecule has 0 saturated heterocycles. The predicted octanol–water partition coefficient (Wildman–Crippen LogP) is 2.24. The number of amides is 1. The molecule has 0 radical (unpaired) electrons. The number of benzene rings is 1. The summed E-state index contributed by atoms with van der Waals surface area (Å²) >= 11 is 0. The molecule has 0 unspecified atom stereocenters. The fraction of sp³-hybridized carbons (Fsp3) is 0.368. The van der Waals surface area contributed by atoms with Gasteiger partial charge in [-0.05, 0) is 36.6 Å². The van der Waals surface area contributed by atoms with Gasteiger partial charge in [0.2, 0.25) is 11.5 Å². The molecule has 8 nitrogen and oxygen atoms in total. The van der Waals surface area contributed by atoms with Crippen molar-refractivity contribution in [1.29, 1.82) is 0 Å². The van der Waals surface area contributed by atoms with E-state index in [2.05, 4.69) is 0 Å². The summed E-state index contributed by atoms with van der Waals surface area (Å²) in [6.07, 6.45) is 1.17. The van der Waals surface area contributed by atoms with E-state index in [1.165, 1.54) is 12.1 Å². The number of nitrogens with zero attached hydrogens (tertiary/aromatic N) is 1. The average molecular weight is 375 g/mol. The molecule has 0 spiro atoms. The molecule has 0 atom stereocenters. The monoisotopic (exact) mass is 375 g/mol. The van der Waals surface area contributed by atoms with E-state index >= 15 is 0 Å². The number of methoxy groups -OCH3 is 3. The molecule has 2 heterocycles. The molecule has 0 aliphatic carbocycles. The number of carboxylic acid groups (broad SMARTS) is 1. The third-order valence-corrected chi connectivity index (χ3v) is 4.62. The maximum absolute atomic E-state index is 12.7. The number of fused-ring (bicyclic) bond motifs is 1. The maximum Gasteiger partial charge on any atom is 0.371 e. The lowest BCUT2D eigenvalue weighted by Crippen LogP contribution is -2.33. The van der Waals surface area contributed by atoms with E-state index in [1.54, 1.807) is 26.2 Å². The van der Waals surface area contributed by atoms with Crippen LogP contribution in [0.3, 0.4) is 0 Å². The number of rotatable bonds is 5. The first-order valence-electron chi connectivity index (χ1n) is 8.43. The zero-order valence-corrected chi connectivity index (χ0v) is 15.4. The average Bonchev–Trinajstić information content (AvgIpc) is 3.08. The molecule has 3 rings (SSSR count). The van der Waals surface area contributed by atoms with Gasteiger partial charge < -0.3 is 28.6 Å².